The van der Waals surface area contributed by atoms with Crippen molar-refractivity contribution < 1.29 is 4.79 Å². The minimum absolute atomic E-state index is 0.199. The Bertz CT molecular complexity index is 623. The van der Waals surface area contributed by atoms with Crippen LogP contribution in [0.4, 0.5) is 0 Å². The number of aromatic nitrogens is 2. The lowest BCUT2D eigenvalue weighted by Gasteiger charge is -2.24. The minimum Gasteiger partial charge on any atom is -0.338 e. The van der Waals surface area contributed by atoms with Crippen LogP contribution in [-0.4, -0.2) is 46.8 Å². The summed E-state index contributed by atoms with van der Waals surface area (Å²) < 4.78 is 1.82. The molecule has 2 aromatic rings. The van der Waals surface area contributed by atoms with Gasteiger partial charge in [0, 0.05) is 25.3 Å². The fourth-order valence-electron chi connectivity index (χ4n) is 3.06. The van der Waals surface area contributed by atoms with E-state index in [0.29, 0.717) is 12.5 Å². The second kappa shape index (κ2) is 6.75. The number of benzene rings is 1. The number of para-hydroxylation sites is 1. The van der Waals surface area contributed by atoms with Crippen LogP contribution in [0.15, 0.2) is 42.7 Å². The molecule has 5 nitrogen and oxygen atoms in total. The second-order valence-electron chi connectivity index (χ2n) is 5.75. The Morgan fingerprint density at radius 3 is 2.95 bits per heavy atom. The highest BCUT2D eigenvalue weighted by molar-refractivity contribution is 5.79. The van der Waals surface area contributed by atoms with Crippen molar-refractivity contribution in [2.75, 3.05) is 20.1 Å². The third kappa shape index (κ3) is 3.20. The molecule has 3 rings (SSSR count). The van der Waals surface area contributed by atoms with Crippen LogP contribution < -0.4 is 5.32 Å². The standard InChI is InChI=1S/C17H22N4O/c1-18-12-16-8-5-9-20(16)17(22)10-14-11-19-21(13-14)15-6-3-2-4-7-15/h2-4,6-7,11,13,16,18H,5,8-10,12H2,1H3. The zero-order valence-electron chi connectivity index (χ0n) is 12.9. The highest BCUT2D eigenvalue weighted by Gasteiger charge is 2.28. The molecule has 0 bridgehead atoms. The molecule has 0 saturated carbocycles. The summed E-state index contributed by atoms with van der Waals surface area (Å²) in [5, 5.41) is 7.53. The first kappa shape index (κ1) is 14.8. The van der Waals surface area contributed by atoms with Gasteiger partial charge in [-0.3, -0.25) is 4.79 Å². The summed E-state index contributed by atoms with van der Waals surface area (Å²) in [6.45, 7) is 1.74. The van der Waals surface area contributed by atoms with E-state index in [2.05, 4.69) is 10.4 Å². The van der Waals surface area contributed by atoms with E-state index >= 15 is 0 Å². The Kier molecular flexibility index (Phi) is 4.53. The van der Waals surface area contributed by atoms with E-state index in [0.717, 1.165) is 37.2 Å². The van der Waals surface area contributed by atoms with E-state index in [1.54, 1.807) is 6.20 Å². The molecule has 5 heteroatoms. The molecule has 1 aliphatic rings. The van der Waals surface area contributed by atoms with Gasteiger partial charge < -0.3 is 10.2 Å². The smallest absolute Gasteiger partial charge is 0.227 e. The van der Waals surface area contributed by atoms with Crippen molar-refractivity contribution >= 4 is 5.91 Å². The summed E-state index contributed by atoms with van der Waals surface area (Å²) in [7, 11) is 1.94. The molecule has 1 amide bonds. The van der Waals surface area contributed by atoms with Gasteiger partial charge in [0.15, 0.2) is 0 Å². The normalized spacial score (nSPS) is 17.9. The molecule has 1 fully saturated rings. The number of likely N-dealkylation sites (tertiary alicyclic amines) is 1. The van der Waals surface area contributed by atoms with Crippen molar-refractivity contribution in [3.8, 4) is 5.69 Å². The molecular formula is C17H22N4O. The number of hydrogen-bond donors (Lipinski definition) is 1. The third-order valence-corrected chi connectivity index (χ3v) is 4.15. The zero-order valence-corrected chi connectivity index (χ0v) is 12.9. The molecular weight excluding hydrogens is 276 g/mol. The van der Waals surface area contributed by atoms with Crippen molar-refractivity contribution in [3.63, 3.8) is 0 Å². The maximum atomic E-state index is 12.5. The largest absolute Gasteiger partial charge is 0.338 e. The van der Waals surface area contributed by atoms with E-state index in [4.69, 9.17) is 0 Å². The van der Waals surface area contributed by atoms with Gasteiger partial charge in [-0.15, -0.1) is 0 Å². The lowest BCUT2D eigenvalue weighted by atomic mass is 10.2. The van der Waals surface area contributed by atoms with Gasteiger partial charge in [-0.2, -0.15) is 5.10 Å². The molecule has 1 unspecified atom stereocenters. The van der Waals surface area contributed by atoms with Crippen LogP contribution in [0.2, 0.25) is 0 Å². The minimum atomic E-state index is 0.199. The summed E-state index contributed by atoms with van der Waals surface area (Å²) >= 11 is 0. The van der Waals surface area contributed by atoms with Crippen LogP contribution in [0.3, 0.4) is 0 Å². The van der Waals surface area contributed by atoms with E-state index in [9.17, 15) is 4.79 Å². The fraction of sp³-hybridized carbons (Fsp3) is 0.412. The zero-order chi connectivity index (χ0) is 15.4. The first-order chi connectivity index (χ1) is 10.8. The topological polar surface area (TPSA) is 50.2 Å². The molecule has 1 atom stereocenters. The molecule has 1 saturated heterocycles. The first-order valence-corrected chi connectivity index (χ1v) is 7.81. The lowest BCUT2D eigenvalue weighted by Crippen LogP contribution is -2.41. The highest BCUT2D eigenvalue weighted by atomic mass is 16.2. The Balaban J connectivity index is 1.66. The summed E-state index contributed by atoms with van der Waals surface area (Å²) in [5.41, 5.74) is 1.97. The van der Waals surface area contributed by atoms with Gasteiger partial charge in [-0.05, 0) is 37.6 Å². The van der Waals surface area contributed by atoms with Crippen LogP contribution in [0.25, 0.3) is 5.69 Å². The first-order valence-electron chi connectivity index (χ1n) is 7.81. The number of hydrogen-bond acceptors (Lipinski definition) is 3. The lowest BCUT2D eigenvalue weighted by molar-refractivity contribution is -0.131. The van der Waals surface area contributed by atoms with Gasteiger partial charge >= 0.3 is 0 Å². The van der Waals surface area contributed by atoms with E-state index in [1.807, 2.05) is 53.2 Å². The average Bonchev–Trinajstić information content (AvgIpc) is 3.18. The molecule has 2 heterocycles. The quantitative estimate of drug-likeness (QED) is 0.912. The van der Waals surface area contributed by atoms with E-state index < -0.39 is 0 Å². The van der Waals surface area contributed by atoms with Crippen molar-refractivity contribution in [1.82, 2.24) is 20.0 Å². The van der Waals surface area contributed by atoms with Gasteiger partial charge in [0.1, 0.15) is 0 Å². The Labute approximate surface area is 130 Å². The third-order valence-electron chi connectivity index (χ3n) is 4.15. The summed E-state index contributed by atoms with van der Waals surface area (Å²) in [6, 6.07) is 10.3. The Hall–Kier alpha value is -2.14. The molecule has 1 aromatic heterocycles. The average molecular weight is 298 g/mol. The van der Waals surface area contributed by atoms with Crippen LogP contribution in [0, 0.1) is 0 Å². The van der Waals surface area contributed by atoms with Crippen LogP contribution >= 0.6 is 0 Å². The number of carbonyl (C=O) groups excluding carboxylic acids is 1. The van der Waals surface area contributed by atoms with E-state index in [-0.39, 0.29) is 5.91 Å². The molecule has 0 aliphatic carbocycles. The molecule has 1 aromatic carbocycles. The number of rotatable bonds is 5. The number of nitrogens with one attached hydrogen (secondary N) is 1. The van der Waals surface area contributed by atoms with Crippen molar-refractivity contribution in [2.45, 2.75) is 25.3 Å². The molecule has 0 spiro atoms. The molecule has 22 heavy (non-hydrogen) atoms. The highest BCUT2D eigenvalue weighted by Crippen LogP contribution is 2.18. The molecule has 116 valence electrons. The Morgan fingerprint density at radius 2 is 2.18 bits per heavy atom. The van der Waals surface area contributed by atoms with Gasteiger partial charge in [0.25, 0.3) is 0 Å². The number of carbonyl (C=O) groups is 1. The summed E-state index contributed by atoms with van der Waals surface area (Å²) in [5.74, 6) is 0.199. The monoisotopic (exact) mass is 298 g/mol. The van der Waals surface area contributed by atoms with E-state index in [1.165, 1.54) is 0 Å². The van der Waals surface area contributed by atoms with Crippen molar-refractivity contribution in [2.24, 2.45) is 0 Å². The summed E-state index contributed by atoms with van der Waals surface area (Å²) in [6.07, 6.45) is 6.34. The maximum absolute atomic E-state index is 12.5. The van der Waals surface area contributed by atoms with Gasteiger partial charge in [-0.1, -0.05) is 18.2 Å². The predicted octanol–water partition coefficient (Wildman–Crippen LogP) is 1.63. The van der Waals surface area contributed by atoms with Gasteiger partial charge in [-0.25, -0.2) is 4.68 Å². The van der Waals surface area contributed by atoms with Crippen LogP contribution in [-0.2, 0) is 11.2 Å². The molecule has 0 radical (unpaired) electrons. The summed E-state index contributed by atoms with van der Waals surface area (Å²) in [4.78, 5) is 14.5. The van der Waals surface area contributed by atoms with Gasteiger partial charge in [0.2, 0.25) is 5.91 Å². The van der Waals surface area contributed by atoms with Crippen LogP contribution in [0.5, 0.6) is 0 Å². The second-order valence-corrected chi connectivity index (χ2v) is 5.75. The Morgan fingerprint density at radius 1 is 1.36 bits per heavy atom. The maximum Gasteiger partial charge on any atom is 0.227 e. The number of amides is 1. The fourth-order valence-corrected chi connectivity index (χ4v) is 3.06. The predicted molar refractivity (Wildman–Crippen MR) is 85.9 cm³/mol. The SMILES string of the molecule is CNCC1CCCN1C(=O)Cc1cnn(-c2ccccc2)c1. The molecule has 1 N–H and O–H groups in total. The van der Waals surface area contributed by atoms with Gasteiger partial charge in [0.05, 0.1) is 18.3 Å². The van der Waals surface area contributed by atoms with Crippen molar-refractivity contribution in [1.29, 1.82) is 0 Å². The van der Waals surface area contributed by atoms with Crippen LogP contribution in [0.1, 0.15) is 18.4 Å². The number of nitrogens with zero attached hydrogens (tertiary/aromatic N) is 3. The van der Waals surface area contributed by atoms with Crippen molar-refractivity contribution in [3.05, 3.63) is 48.3 Å². The number of likely N-dealkylation sites (N-methyl/N-ethyl adjacent to an activating group) is 1. The molecule has 1 aliphatic heterocycles.